The van der Waals surface area contributed by atoms with Gasteiger partial charge in [0.25, 0.3) is 5.91 Å². The average Bonchev–Trinajstić information content (AvgIpc) is 2.84. The first-order chi connectivity index (χ1) is 15.2. The van der Waals surface area contributed by atoms with Crippen molar-refractivity contribution in [1.29, 1.82) is 0 Å². The van der Waals surface area contributed by atoms with Crippen LogP contribution in [0.4, 0.5) is 5.82 Å². The molecule has 0 N–H and O–H groups in total. The van der Waals surface area contributed by atoms with Gasteiger partial charge in [-0.05, 0) is 38.3 Å². The number of ether oxygens (including phenoxy) is 2. The Kier molecular flexibility index (Phi) is 6.82. The summed E-state index contributed by atoms with van der Waals surface area (Å²) < 4.78 is 10.7. The number of morpholine rings is 1. The Hall–Kier alpha value is -2.93. The number of anilines is 1. The third-order valence-electron chi connectivity index (χ3n) is 5.81. The molecule has 2 aliphatic heterocycles. The number of benzene rings is 1. The van der Waals surface area contributed by atoms with Crippen molar-refractivity contribution >= 4 is 17.7 Å². The summed E-state index contributed by atoms with van der Waals surface area (Å²) in [5, 5.41) is 0. The van der Waals surface area contributed by atoms with E-state index >= 15 is 0 Å². The zero-order chi connectivity index (χ0) is 21.6. The Morgan fingerprint density at radius 3 is 2.58 bits per heavy atom. The SMILES string of the molecule is CCOC(=O)C1CCCCN1C(=O)c1ccc(-c2ccccc2)nc1N1CCOCC1. The van der Waals surface area contributed by atoms with Crippen LogP contribution in [0.3, 0.4) is 0 Å². The number of pyridine rings is 1. The van der Waals surface area contributed by atoms with Gasteiger partial charge in [-0.15, -0.1) is 0 Å². The molecule has 1 amide bonds. The van der Waals surface area contributed by atoms with Gasteiger partial charge >= 0.3 is 5.97 Å². The second-order valence-corrected chi connectivity index (χ2v) is 7.80. The minimum atomic E-state index is -0.535. The fourth-order valence-corrected chi connectivity index (χ4v) is 4.21. The molecule has 1 aromatic heterocycles. The lowest BCUT2D eigenvalue weighted by molar-refractivity contribution is -0.149. The van der Waals surface area contributed by atoms with Crippen LogP contribution in [0.25, 0.3) is 11.3 Å². The zero-order valence-electron chi connectivity index (χ0n) is 18.0. The Bertz CT molecular complexity index is 912. The van der Waals surface area contributed by atoms with Crippen molar-refractivity contribution < 1.29 is 19.1 Å². The maximum atomic E-state index is 13.7. The number of carbonyl (C=O) groups is 2. The molecule has 2 aliphatic rings. The van der Waals surface area contributed by atoms with Crippen LogP contribution in [0.15, 0.2) is 42.5 Å². The molecule has 2 fully saturated rings. The number of piperidine rings is 1. The van der Waals surface area contributed by atoms with Crippen LogP contribution in [-0.2, 0) is 14.3 Å². The van der Waals surface area contributed by atoms with Crippen molar-refractivity contribution in [2.75, 3.05) is 44.4 Å². The van der Waals surface area contributed by atoms with Gasteiger partial charge in [-0.25, -0.2) is 9.78 Å². The molecular formula is C24H29N3O4. The molecule has 1 aromatic carbocycles. The zero-order valence-corrected chi connectivity index (χ0v) is 18.0. The first kappa shape index (κ1) is 21.3. The van der Waals surface area contributed by atoms with Crippen LogP contribution < -0.4 is 4.90 Å². The van der Waals surface area contributed by atoms with Crippen LogP contribution in [0.5, 0.6) is 0 Å². The van der Waals surface area contributed by atoms with Crippen molar-refractivity contribution in [1.82, 2.24) is 9.88 Å². The number of amides is 1. The molecule has 2 aromatic rings. The number of esters is 1. The topological polar surface area (TPSA) is 72.0 Å². The largest absolute Gasteiger partial charge is 0.464 e. The van der Waals surface area contributed by atoms with E-state index in [0.29, 0.717) is 57.3 Å². The molecule has 0 bridgehead atoms. The minimum Gasteiger partial charge on any atom is -0.464 e. The van der Waals surface area contributed by atoms with Crippen LogP contribution in [0, 0.1) is 0 Å². The van der Waals surface area contributed by atoms with Gasteiger partial charge in [0, 0.05) is 25.2 Å². The maximum Gasteiger partial charge on any atom is 0.328 e. The summed E-state index contributed by atoms with van der Waals surface area (Å²) in [5.41, 5.74) is 2.34. The van der Waals surface area contributed by atoms with Crippen molar-refractivity contribution in [3.8, 4) is 11.3 Å². The van der Waals surface area contributed by atoms with E-state index < -0.39 is 6.04 Å². The van der Waals surface area contributed by atoms with Crippen LogP contribution in [0.1, 0.15) is 36.5 Å². The molecule has 164 valence electrons. The molecule has 0 saturated carbocycles. The van der Waals surface area contributed by atoms with Gasteiger partial charge < -0.3 is 19.3 Å². The summed E-state index contributed by atoms with van der Waals surface area (Å²) in [4.78, 5) is 34.8. The second kappa shape index (κ2) is 9.92. The van der Waals surface area contributed by atoms with Gasteiger partial charge in [0.1, 0.15) is 11.9 Å². The Balaban J connectivity index is 1.70. The summed E-state index contributed by atoms with van der Waals surface area (Å²) >= 11 is 0. The fourth-order valence-electron chi connectivity index (χ4n) is 4.21. The molecule has 4 rings (SSSR count). The standard InChI is InChI=1S/C24H29N3O4/c1-2-31-24(29)21-10-6-7-13-27(21)23(28)19-11-12-20(18-8-4-3-5-9-18)25-22(19)26-14-16-30-17-15-26/h3-5,8-9,11-12,21H,2,6-7,10,13-17H2,1H3. The van der Waals surface area contributed by atoms with E-state index in [1.54, 1.807) is 11.8 Å². The van der Waals surface area contributed by atoms with Crippen molar-refractivity contribution in [2.24, 2.45) is 0 Å². The predicted molar refractivity (Wildman–Crippen MR) is 118 cm³/mol. The van der Waals surface area contributed by atoms with Crippen molar-refractivity contribution in [2.45, 2.75) is 32.2 Å². The average molecular weight is 424 g/mol. The smallest absolute Gasteiger partial charge is 0.328 e. The second-order valence-electron chi connectivity index (χ2n) is 7.80. The van der Waals surface area contributed by atoms with Gasteiger partial charge in [-0.2, -0.15) is 0 Å². The summed E-state index contributed by atoms with van der Waals surface area (Å²) in [6.07, 6.45) is 2.42. The van der Waals surface area contributed by atoms with Crippen molar-refractivity contribution in [3.63, 3.8) is 0 Å². The Labute approximate surface area is 183 Å². The number of hydrogen-bond donors (Lipinski definition) is 0. The highest BCUT2D eigenvalue weighted by molar-refractivity contribution is 6.01. The Morgan fingerprint density at radius 1 is 1.06 bits per heavy atom. The van der Waals surface area contributed by atoms with Crippen LogP contribution in [0.2, 0.25) is 0 Å². The van der Waals surface area contributed by atoms with E-state index in [4.69, 9.17) is 14.5 Å². The number of nitrogens with zero attached hydrogens (tertiary/aromatic N) is 3. The third kappa shape index (κ3) is 4.71. The van der Waals surface area contributed by atoms with Gasteiger partial charge in [0.2, 0.25) is 0 Å². The highest BCUT2D eigenvalue weighted by Crippen LogP contribution is 2.28. The molecule has 0 spiro atoms. The third-order valence-corrected chi connectivity index (χ3v) is 5.81. The summed E-state index contributed by atoms with van der Waals surface area (Å²) in [6.45, 7) is 5.18. The number of likely N-dealkylation sites (tertiary alicyclic amines) is 1. The Morgan fingerprint density at radius 2 is 1.84 bits per heavy atom. The van der Waals surface area contributed by atoms with E-state index in [-0.39, 0.29) is 11.9 Å². The summed E-state index contributed by atoms with van der Waals surface area (Å²) in [5.74, 6) is 0.173. The lowest BCUT2D eigenvalue weighted by Gasteiger charge is -2.35. The molecular weight excluding hydrogens is 394 g/mol. The normalized spacial score (nSPS) is 19.2. The number of carbonyl (C=O) groups excluding carboxylic acids is 2. The molecule has 3 heterocycles. The van der Waals surface area contributed by atoms with E-state index in [1.165, 1.54) is 0 Å². The number of hydrogen-bond acceptors (Lipinski definition) is 6. The first-order valence-electron chi connectivity index (χ1n) is 11.1. The molecule has 1 unspecified atom stereocenters. The van der Waals surface area contributed by atoms with Gasteiger partial charge in [-0.3, -0.25) is 4.79 Å². The first-order valence-corrected chi connectivity index (χ1v) is 11.1. The maximum absolute atomic E-state index is 13.7. The van der Waals surface area contributed by atoms with Crippen molar-refractivity contribution in [3.05, 3.63) is 48.0 Å². The quantitative estimate of drug-likeness (QED) is 0.688. The number of aromatic nitrogens is 1. The predicted octanol–water partition coefficient (Wildman–Crippen LogP) is 3.14. The molecule has 2 saturated heterocycles. The van der Waals surface area contributed by atoms with Crippen LogP contribution >= 0.6 is 0 Å². The van der Waals surface area contributed by atoms with Crippen LogP contribution in [-0.4, -0.2) is 67.3 Å². The summed E-state index contributed by atoms with van der Waals surface area (Å²) in [6, 6.07) is 13.1. The molecule has 1 atom stereocenters. The monoisotopic (exact) mass is 423 g/mol. The molecule has 7 heteroatoms. The van der Waals surface area contributed by atoms with Gasteiger partial charge in [0.15, 0.2) is 0 Å². The van der Waals surface area contributed by atoms with Gasteiger partial charge in [-0.1, -0.05) is 30.3 Å². The highest BCUT2D eigenvalue weighted by atomic mass is 16.5. The number of rotatable bonds is 5. The molecule has 0 radical (unpaired) electrons. The lowest BCUT2D eigenvalue weighted by atomic mass is 10.0. The molecule has 7 nitrogen and oxygen atoms in total. The minimum absolute atomic E-state index is 0.161. The van der Waals surface area contributed by atoms with E-state index in [1.807, 2.05) is 42.5 Å². The van der Waals surface area contributed by atoms with E-state index in [9.17, 15) is 9.59 Å². The van der Waals surface area contributed by atoms with E-state index in [2.05, 4.69) is 4.90 Å². The van der Waals surface area contributed by atoms with E-state index in [0.717, 1.165) is 24.1 Å². The molecule has 31 heavy (non-hydrogen) atoms. The lowest BCUT2D eigenvalue weighted by Crippen LogP contribution is -2.49. The van der Waals surface area contributed by atoms with Gasteiger partial charge in [0.05, 0.1) is 31.1 Å². The summed E-state index contributed by atoms with van der Waals surface area (Å²) in [7, 11) is 0. The molecule has 0 aliphatic carbocycles. The highest BCUT2D eigenvalue weighted by Gasteiger charge is 2.35. The fraction of sp³-hybridized carbons (Fsp3) is 0.458.